The van der Waals surface area contributed by atoms with Gasteiger partial charge >= 0.3 is 0 Å². The van der Waals surface area contributed by atoms with Crippen molar-refractivity contribution in [2.24, 2.45) is 0 Å². The molecule has 0 fully saturated rings. The van der Waals surface area contributed by atoms with Crippen LogP contribution in [0.2, 0.25) is 0 Å². The quantitative estimate of drug-likeness (QED) is 0.686. The Hall–Kier alpha value is -1.28. The predicted octanol–water partition coefficient (Wildman–Crippen LogP) is 1.71. The third-order valence-electron chi connectivity index (χ3n) is 1.39. The molecule has 12 heavy (non-hydrogen) atoms. The molecule has 64 valence electrons. The van der Waals surface area contributed by atoms with Gasteiger partial charge in [0.05, 0.1) is 12.9 Å². The average Bonchev–Trinajstić information content (AvgIpc) is 2.14. The van der Waals surface area contributed by atoms with Crippen molar-refractivity contribution >= 4 is 0 Å². The first-order valence-electron chi connectivity index (χ1n) is 3.85. The molecule has 1 rings (SSSR count). The highest BCUT2D eigenvalue weighted by atomic mass is 16.5. The lowest BCUT2D eigenvalue weighted by Gasteiger charge is -1.99. The zero-order chi connectivity index (χ0) is 8.65. The van der Waals surface area contributed by atoms with Crippen molar-refractivity contribution in [3.63, 3.8) is 0 Å². The molecule has 0 aliphatic rings. The van der Waals surface area contributed by atoms with Crippen LogP contribution in [-0.4, -0.2) is 11.7 Å². The first kappa shape index (κ1) is 8.81. The third kappa shape index (κ3) is 3.21. The van der Waals surface area contributed by atoms with Gasteiger partial charge in [-0.3, -0.25) is 0 Å². The fraction of sp³-hybridized carbons (Fsp3) is 0.200. The van der Waals surface area contributed by atoms with E-state index in [1.807, 2.05) is 30.3 Å². The minimum Gasteiger partial charge on any atom is -0.497 e. The summed E-state index contributed by atoms with van der Waals surface area (Å²) in [5, 5.41) is 8.40. The molecule has 0 spiro atoms. The van der Waals surface area contributed by atoms with E-state index in [0.29, 0.717) is 6.61 Å². The number of rotatable bonds is 4. The minimum absolute atomic E-state index is 0.0226. The Morgan fingerprint density at radius 3 is 2.67 bits per heavy atom. The van der Waals surface area contributed by atoms with Crippen LogP contribution in [0, 0.1) is 0 Å². The van der Waals surface area contributed by atoms with E-state index in [1.54, 1.807) is 6.08 Å². The Balaban J connectivity index is 2.29. The summed E-state index contributed by atoms with van der Waals surface area (Å²) in [6.45, 7) is 0.576. The van der Waals surface area contributed by atoms with Crippen LogP contribution in [-0.2, 0) is 11.3 Å². The number of hydrogen-bond acceptors (Lipinski definition) is 2. The fourth-order valence-electron chi connectivity index (χ4n) is 0.830. The van der Waals surface area contributed by atoms with Gasteiger partial charge in [-0.05, 0) is 11.6 Å². The van der Waals surface area contributed by atoms with Gasteiger partial charge in [-0.15, -0.1) is 0 Å². The fourth-order valence-corrected chi connectivity index (χ4v) is 0.830. The van der Waals surface area contributed by atoms with Crippen molar-refractivity contribution in [3.8, 4) is 0 Å². The van der Waals surface area contributed by atoms with Crippen LogP contribution in [0.4, 0.5) is 0 Å². The summed E-state index contributed by atoms with van der Waals surface area (Å²) >= 11 is 0. The number of aliphatic hydroxyl groups excluding tert-OH is 1. The Kier molecular flexibility index (Phi) is 3.95. The molecule has 0 aromatic heterocycles. The smallest absolute Gasteiger partial charge is 0.112 e. The van der Waals surface area contributed by atoms with Gasteiger partial charge in [0.1, 0.15) is 6.61 Å². The summed E-state index contributed by atoms with van der Waals surface area (Å²) in [7, 11) is 0. The van der Waals surface area contributed by atoms with Crippen LogP contribution < -0.4 is 0 Å². The zero-order valence-corrected chi connectivity index (χ0v) is 6.81. The highest BCUT2D eigenvalue weighted by Gasteiger charge is 1.86. The monoisotopic (exact) mass is 164 g/mol. The van der Waals surface area contributed by atoms with E-state index in [9.17, 15) is 0 Å². The van der Waals surface area contributed by atoms with Gasteiger partial charge in [-0.25, -0.2) is 0 Å². The van der Waals surface area contributed by atoms with Crippen molar-refractivity contribution in [2.75, 3.05) is 6.61 Å². The van der Waals surface area contributed by atoms with Crippen LogP contribution in [0.15, 0.2) is 42.7 Å². The van der Waals surface area contributed by atoms with Crippen LogP contribution in [0.1, 0.15) is 5.56 Å². The lowest BCUT2D eigenvalue weighted by Crippen LogP contribution is -1.85. The molecule has 0 radical (unpaired) electrons. The van der Waals surface area contributed by atoms with Crippen molar-refractivity contribution in [2.45, 2.75) is 6.61 Å². The molecule has 0 aliphatic carbocycles. The molecule has 0 aliphatic heterocycles. The molecule has 2 nitrogen and oxygen atoms in total. The number of hydrogen-bond donors (Lipinski definition) is 1. The maximum Gasteiger partial charge on any atom is 0.112 e. The first-order chi connectivity index (χ1) is 5.93. The Labute approximate surface area is 72.1 Å². The van der Waals surface area contributed by atoms with E-state index in [2.05, 4.69) is 0 Å². The van der Waals surface area contributed by atoms with Gasteiger partial charge in [-0.2, -0.15) is 0 Å². The highest BCUT2D eigenvalue weighted by molar-refractivity contribution is 5.13. The summed E-state index contributed by atoms with van der Waals surface area (Å²) in [4.78, 5) is 0. The minimum atomic E-state index is 0.0226. The Morgan fingerprint density at radius 1 is 1.25 bits per heavy atom. The summed E-state index contributed by atoms with van der Waals surface area (Å²) in [6.07, 6.45) is 3.07. The van der Waals surface area contributed by atoms with Crippen molar-refractivity contribution in [1.82, 2.24) is 0 Å². The lowest BCUT2D eigenvalue weighted by molar-refractivity contribution is 0.231. The van der Waals surface area contributed by atoms with Crippen molar-refractivity contribution < 1.29 is 9.84 Å². The van der Waals surface area contributed by atoms with Gasteiger partial charge in [0.2, 0.25) is 0 Å². The van der Waals surface area contributed by atoms with Crippen molar-refractivity contribution in [3.05, 3.63) is 48.2 Å². The van der Waals surface area contributed by atoms with E-state index < -0.39 is 0 Å². The standard InChI is InChI=1S/C10H12O2/c11-7-4-8-12-9-10-5-2-1-3-6-10/h1-6,8,11H,7,9H2/b8-4+. The van der Waals surface area contributed by atoms with E-state index in [-0.39, 0.29) is 6.61 Å². The topological polar surface area (TPSA) is 29.5 Å². The van der Waals surface area contributed by atoms with Crippen molar-refractivity contribution in [1.29, 1.82) is 0 Å². The molecule has 1 N–H and O–H groups in total. The molecule has 0 amide bonds. The molecule has 0 unspecified atom stereocenters. The second-order valence-electron chi connectivity index (χ2n) is 2.35. The van der Waals surface area contributed by atoms with E-state index >= 15 is 0 Å². The molecule has 0 heterocycles. The zero-order valence-electron chi connectivity index (χ0n) is 6.81. The SMILES string of the molecule is OC/C=C/OCc1ccccc1. The van der Waals surface area contributed by atoms with Gasteiger partial charge in [-0.1, -0.05) is 30.3 Å². The largest absolute Gasteiger partial charge is 0.497 e. The van der Waals surface area contributed by atoms with Crippen LogP contribution in [0.5, 0.6) is 0 Å². The normalized spacial score (nSPS) is 10.4. The van der Waals surface area contributed by atoms with Crippen LogP contribution in [0.3, 0.4) is 0 Å². The summed E-state index contributed by atoms with van der Waals surface area (Å²) in [5.74, 6) is 0. The summed E-state index contributed by atoms with van der Waals surface area (Å²) in [6, 6.07) is 9.88. The molecule has 1 aromatic carbocycles. The Bertz CT molecular complexity index is 229. The maximum atomic E-state index is 8.40. The average molecular weight is 164 g/mol. The number of benzene rings is 1. The second-order valence-corrected chi connectivity index (χ2v) is 2.35. The van der Waals surface area contributed by atoms with Gasteiger partial charge < -0.3 is 9.84 Å². The maximum absolute atomic E-state index is 8.40. The van der Waals surface area contributed by atoms with E-state index in [1.165, 1.54) is 6.26 Å². The Morgan fingerprint density at radius 2 is 2.00 bits per heavy atom. The molecule has 1 aromatic rings. The predicted molar refractivity (Wildman–Crippen MR) is 47.5 cm³/mol. The molecular weight excluding hydrogens is 152 g/mol. The second kappa shape index (κ2) is 5.38. The van der Waals surface area contributed by atoms with E-state index in [0.717, 1.165) is 5.56 Å². The third-order valence-corrected chi connectivity index (χ3v) is 1.39. The summed E-state index contributed by atoms with van der Waals surface area (Å²) in [5.41, 5.74) is 1.13. The highest BCUT2D eigenvalue weighted by Crippen LogP contribution is 2.00. The van der Waals surface area contributed by atoms with Crippen LogP contribution in [0.25, 0.3) is 0 Å². The van der Waals surface area contributed by atoms with Crippen LogP contribution >= 0.6 is 0 Å². The molecule has 0 atom stereocenters. The number of ether oxygens (including phenoxy) is 1. The summed E-state index contributed by atoms with van der Waals surface area (Å²) < 4.78 is 5.12. The van der Waals surface area contributed by atoms with Gasteiger partial charge in [0.15, 0.2) is 0 Å². The first-order valence-corrected chi connectivity index (χ1v) is 3.85. The molecule has 2 heteroatoms. The molecule has 0 saturated heterocycles. The molecule has 0 bridgehead atoms. The molecule has 0 saturated carbocycles. The molecular formula is C10H12O2. The van der Waals surface area contributed by atoms with Gasteiger partial charge in [0, 0.05) is 0 Å². The van der Waals surface area contributed by atoms with E-state index in [4.69, 9.17) is 9.84 Å². The lowest BCUT2D eigenvalue weighted by atomic mass is 10.2. The van der Waals surface area contributed by atoms with Gasteiger partial charge in [0.25, 0.3) is 0 Å². The number of aliphatic hydroxyl groups is 1.